The van der Waals surface area contributed by atoms with Crippen molar-refractivity contribution in [2.24, 2.45) is 0 Å². The van der Waals surface area contributed by atoms with Crippen LogP contribution in [-0.2, 0) is 14.6 Å². The summed E-state index contributed by atoms with van der Waals surface area (Å²) in [6, 6.07) is 13.9. The minimum Gasteiger partial charge on any atom is -0.302 e. The molecule has 3 rings (SSSR count). The van der Waals surface area contributed by atoms with Gasteiger partial charge in [-0.1, -0.05) is 61.1 Å². The Labute approximate surface area is 198 Å². The summed E-state index contributed by atoms with van der Waals surface area (Å²) in [5.74, 6) is -0.200. The summed E-state index contributed by atoms with van der Waals surface area (Å²) in [7, 11) is -3.42. The fraction of sp³-hybridized carbons (Fsp3) is 0.391. The van der Waals surface area contributed by atoms with Gasteiger partial charge in [-0.05, 0) is 43.8 Å². The molecule has 2 aromatic carbocycles. The molecular formula is C23H28ClN3O3S2. The molecule has 0 aliphatic carbocycles. The Morgan fingerprint density at radius 1 is 1.03 bits per heavy atom. The summed E-state index contributed by atoms with van der Waals surface area (Å²) in [5, 5.41) is 1.14. The Morgan fingerprint density at radius 2 is 1.75 bits per heavy atom. The quantitative estimate of drug-likeness (QED) is 0.380. The van der Waals surface area contributed by atoms with Crippen LogP contribution in [0.2, 0.25) is 5.02 Å². The van der Waals surface area contributed by atoms with Gasteiger partial charge in [-0.3, -0.25) is 9.69 Å². The lowest BCUT2D eigenvalue weighted by molar-refractivity contribution is -0.118. The van der Waals surface area contributed by atoms with Crippen molar-refractivity contribution in [3.63, 3.8) is 0 Å². The second kappa shape index (κ2) is 11.2. The molecule has 32 heavy (non-hydrogen) atoms. The maximum atomic E-state index is 13.2. The molecule has 0 saturated carbocycles. The highest BCUT2D eigenvalue weighted by molar-refractivity contribution is 7.91. The van der Waals surface area contributed by atoms with Crippen molar-refractivity contribution in [1.29, 1.82) is 0 Å². The van der Waals surface area contributed by atoms with E-state index in [1.54, 1.807) is 41.3 Å². The second-order valence-electron chi connectivity index (χ2n) is 7.39. The number of aromatic nitrogens is 1. The molecule has 0 saturated heterocycles. The predicted molar refractivity (Wildman–Crippen MR) is 132 cm³/mol. The molecule has 0 spiro atoms. The third-order valence-corrected chi connectivity index (χ3v) is 8.50. The molecule has 0 radical (unpaired) electrons. The van der Waals surface area contributed by atoms with Gasteiger partial charge in [0.15, 0.2) is 15.0 Å². The summed E-state index contributed by atoms with van der Waals surface area (Å²) in [4.78, 5) is 22.0. The largest absolute Gasteiger partial charge is 0.302 e. The first kappa shape index (κ1) is 24.6. The van der Waals surface area contributed by atoms with E-state index in [-0.39, 0.29) is 29.4 Å². The molecule has 3 aromatic rings. The molecular weight excluding hydrogens is 466 g/mol. The van der Waals surface area contributed by atoms with E-state index in [4.69, 9.17) is 11.6 Å². The van der Waals surface area contributed by atoms with Gasteiger partial charge in [0, 0.05) is 19.5 Å². The molecule has 0 unspecified atom stereocenters. The lowest BCUT2D eigenvalue weighted by atomic mass is 10.3. The maximum absolute atomic E-state index is 13.2. The van der Waals surface area contributed by atoms with Gasteiger partial charge in [-0.15, -0.1) is 0 Å². The number of hydrogen-bond donors (Lipinski definition) is 0. The molecule has 0 fully saturated rings. The van der Waals surface area contributed by atoms with Crippen LogP contribution in [0.25, 0.3) is 10.2 Å². The van der Waals surface area contributed by atoms with Crippen molar-refractivity contribution in [3.8, 4) is 0 Å². The van der Waals surface area contributed by atoms with E-state index in [9.17, 15) is 13.2 Å². The highest BCUT2D eigenvalue weighted by atomic mass is 35.5. The van der Waals surface area contributed by atoms with Crippen LogP contribution in [0.3, 0.4) is 0 Å². The minimum atomic E-state index is -3.42. The number of benzene rings is 2. The molecule has 0 bridgehead atoms. The molecule has 6 nitrogen and oxygen atoms in total. The number of hydrogen-bond acceptors (Lipinski definition) is 6. The third-order valence-electron chi connectivity index (χ3n) is 5.33. The molecule has 1 amide bonds. The fourth-order valence-corrected chi connectivity index (χ4v) is 6.06. The SMILES string of the molecule is CCN(CC)CCN(C(=O)CCCS(=O)(=O)c1ccccc1)c1nc2c(Cl)cccc2s1. The van der Waals surface area contributed by atoms with Crippen LogP contribution in [0.15, 0.2) is 53.4 Å². The number of sulfone groups is 1. The van der Waals surface area contributed by atoms with E-state index in [1.807, 2.05) is 12.1 Å². The standard InChI is InChI=1S/C23H28ClN3O3S2/c1-3-26(4-2)15-16-27(23-25-22-19(24)12-8-13-20(22)31-23)21(28)14-9-17-32(29,30)18-10-6-5-7-11-18/h5-8,10-13H,3-4,9,14-17H2,1-2H3. The number of thiazole rings is 1. The summed E-state index contributed by atoms with van der Waals surface area (Å²) >= 11 is 7.71. The first-order valence-electron chi connectivity index (χ1n) is 10.7. The summed E-state index contributed by atoms with van der Waals surface area (Å²) in [5.41, 5.74) is 0.682. The smallest absolute Gasteiger partial charge is 0.228 e. The summed E-state index contributed by atoms with van der Waals surface area (Å²) in [6.45, 7) is 7.15. The normalized spacial score (nSPS) is 11.9. The van der Waals surface area contributed by atoms with E-state index < -0.39 is 9.84 Å². The number of fused-ring (bicyclic) bond motifs is 1. The van der Waals surface area contributed by atoms with Crippen LogP contribution in [0.4, 0.5) is 5.13 Å². The summed E-state index contributed by atoms with van der Waals surface area (Å²) < 4.78 is 26.0. The highest BCUT2D eigenvalue weighted by Gasteiger charge is 2.22. The number of amides is 1. The Balaban J connectivity index is 1.74. The van der Waals surface area contributed by atoms with Crippen molar-refractivity contribution in [1.82, 2.24) is 9.88 Å². The van der Waals surface area contributed by atoms with Gasteiger partial charge in [0.05, 0.1) is 20.4 Å². The van der Waals surface area contributed by atoms with E-state index in [0.29, 0.717) is 28.8 Å². The zero-order valence-electron chi connectivity index (χ0n) is 18.3. The van der Waals surface area contributed by atoms with Crippen LogP contribution < -0.4 is 4.90 Å². The second-order valence-corrected chi connectivity index (χ2v) is 10.9. The average Bonchev–Trinajstić information content (AvgIpc) is 3.22. The van der Waals surface area contributed by atoms with Crippen molar-refractivity contribution in [2.75, 3.05) is 36.8 Å². The molecule has 172 valence electrons. The fourth-order valence-electron chi connectivity index (χ4n) is 3.42. The molecule has 0 N–H and O–H groups in total. The molecule has 1 aromatic heterocycles. The van der Waals surface area contributed by atoms with Crippen molar-refractivity contribution >= 4 is 54.0 Å². The van der Waals surface area contributed by atoms with E-state index in [0.717, 1.165) is 17.8 Å². The minimum absolute atomic E-state index is 0.0711. The monoisotopic (exact) mass is 493 g/mol. The Bertz CT molecular complexity index is 1150. The Kier molecular flexibility index (Phi) is 8.64. The van der Waals surface area contributed by atoms with Crippen LogP contribution >= 0.6 is 22.9 Å². The van der Waals surface area contributed by atoms with Gasteiger partial charge in [0.25, 0.3) is 0 Å². The molecule has 0 aliphatic rings. The van der Waals surface area contributed by atoms with Crippen molar-refractivity contribution in [3.05, 3.63) is 53.6 Å². The van der Waals surface area contributed by atoms with Crippen LogP contribution in [0.1, 0.15) is 26.7 Å². The van der Waals surface area contributed by atoms with Gasteiger partial charge in [-0.25, -0.2) is 13.4 Å². The van der Waals surface area contributed by atoms with E-state index >= 15 is 0 Å². The Morgan fingerprint density at radius 3 is 2.41 bits per heavy atom. The number of carbonyl (C=O) groups is 1. The zero-order valence-corrected chi connectivity index (χ0v) is 20.7. The van der Waals surface area contributed by atoms with Gasteiger partial charge in [-0.2, -0.15) is 0 Å². The zero-order chi connectivity index (χ0) is 23.1. The molecule has 9 heteroatoms. The first-order valence-corrected chi connectivity index (χ1v) is 13.6. The molecule has 0 atom stereocenters. The van der Waals surface area contributed by atoms with Gasteiger partial charge < -0.3 is 4.90 Å². The van der Waals surface area contributed by atoms with Gasteiger partial charge in [0.1, 0.15) is 5.52 Å². The van der Waals surface area contributed by atoms with Crippen LogP contribution in [0, 0.1) is 0 Å². The third kappa shape index (κ3) is 6.07. The number of para-hydroxylation sites is 1. The van der Waals surface area contributed by atoms with Crippen molar-refractivity contribution in [2.45, 2.75) is 31.6 Å². The van der Waals surface area contributed by atoms with Gasteiger partial charge >= 0.3 is 0 Å². The lowest BCUT2D eigenvalue weighted by Crippen LogP contribution is -2.38. The number of halogens is 1. The van der Waals surface area contributed by atoms with Gasteiger partial charge in [0.2, 0.25) is 5.91 Å². The number of nitrogens with zero attached hydrogens (tertiary/aromatic N) is 3. The predicted octanol–water partition coefficient (Wildman–Crippen LogP) is 4.88. The Hall–Kier alpha value is -2.00. The number of likely N-dealkylation sites (N-methyl/N-ethyl adjacent to an activating group) is 1. The summed E-state index contributed by atoms with van der Waals surface area (Å²) in [6.07, 6.45) is 0.386. The number of anilines is 1. The first-order chi connectivity index (χ1) is 15.4. The topological polar surface area (TPSA) is 70.6 Å². The van der Waals surface area contributed by atoms with E-state index in [1.165, 1.54) is 11.3 Å². The molecule has 1 heterocycles. The van der Waals surface area contributed by atoms with Crippen molar-refractivity contribution < 1.29 is 13.2 Å². The highest BCUT2D eigenvalue weighted by Crippen LogP contribution is 2.33. The van der Waals surface area contributed by atoms with Crippen LogP contribution in [0.5, 0.6) is 0 Å². The maximum Gasteiger partial charge on any atom is 0.228 e. The lowest BCUT2D eigenvalue weighted by Gasteiger charge is -2.24. The average molecular weight is 494 g/mol. The number of carbonyl (C=O) groups excluding carboxylic acids is 1. The molecule has 0 aliphatic heterocycles. The number of rotatable bonds is 11. The van der Waals surface area contributed by atoms with Crippen LogP contribution in [-0.4, -0.2) is 56.1 Å². The van der Waals surface area contributed by atoms with E-state index in [2.05, 4.69) is 23.7 Å².